The quantitative estimate of drug-likeness (QED) is 0.822. The van der Waals surface area contributed by atoms with E-state index in [4.69, 9.17) is 4.52 Å². The Morgan fingerprint density at radius 3 is 2.73 bits per heavy atom. The molecule has 2 heterocycles. The molecule has 0 unspecified atom stereocenters. The molecule has 2 aromatic rings. The number of hydrogen-bond donors (Lipinski definition) is 1. The maximum absolute atomic E-state index is 12.9. The Kier molecular flexibility index (Phi) is 6.33. The molecule has 1 aliphatic heterocycles. The van der Waals surface area contributed by atoms with Crippen LogP contribution < -0.4 is 5.32 Å². The first-order chi connectivity index (χ1) is 12.6. The van der Waals surface area contributed by atoms with Crippen molar-refractivity contribution >= 4 is 5.91 Å². The molecular weight excluding hydrogens is 335 g/mol. The van der Waals surface area contributed by atoms with Gasteiger partial charge in [-0.1, -0.05) is 18.5 Å². The number of nitrogens with one attached hydrogen (secondary N) is 1. The second kappa shape index (κ2) is 8.89. The lowest BCUT2D eigenvalue weighted by Crippen LogP contribution is -2.44. The summed E-state index contributed by atoms with van der Waals surface area (Å²) >= 11 is 0. The van der Waals surface area contributed by atoms with E-state index in [1.807, 2.05) is 0 Å². The van der Waals surface area contributed by atoms with Crippen LogP contribution in [-0.2, 0) is 13.0 Å². The summed E-state index contributed by atoms with van der Waals surface area (Å²) in [5.41, 5.74) is 0.485. The van der Waals surface area contributed by atoms with E-state index in [0.717, 1.165) is 51.0 Å². The van der Waals surface area contributed by atoms with Gasteiger partial charge in [0.15, 0.2) is 5.82 Å². The molecule has 0 saturated carbocycles. The second-order valence-electron chi connectivity index (χ2n) is 6.74. The zero-order valence-electron chi connectivity index (χ0n) is 15.1. The molecule has 7 heteroatoms. The summed E-state index contributed by atoms with van der Waals surface area (Å²) in [7, 11) is 0. The summed E-state index contributed by atoms with van der Waals surface area (Å²) in [5.74, 6) is 0.947. The molecular formula is C19H25FN4O2. The number of carbonyl (C=O) groups excluding carboxylic acids is 1. The third kappa shape index (κ3) is 5.11. The van der Waals surface area contributed by atoms with Gasteiger partial charge in [0.05, 0.1) is 6.54 Å². The van der Waals surface area contributed by atoms with Gasteiger partial charge in [-0.15, -0.1) is 0 Å². The van der Waals surface area contributed by atoms with E-state index in [-0.39, 0.29) is 17.8 Å². The van der Waals surface area contributed by atoms with E-state index < -0.39 is 0 Å². The van der Waals surface area contributed by atoms with E-state index in [0.29, 0.717) is 18.0 Å². The number of aryl methyl sites for hydroxylation is 1. The molecule has 6 nitrogen and oxygen atoms in total. The van der Waals surface area contributed by atoms with Crippen molar-refractivity contribution in [3.63, 3.8) is 0 Å². The molecule has 1 fully saturated rings. The number of benzene rings is 1. The zero-order chi connectivity index (χ0) is 18.4. The van der Waals surface area contributed by atoms with Crippen LogP contribution in [0, 0.1) is 5.82 Å². The number of unbranched alkanes of at least 4 members (excludes halogenated alkanes) is 1. The fraction of sp³-hybridized carbons (Fsp3) is 0.526. The first kappa shape index (κ1) is 18.5. The Morgan fingerprint density at radius 2 is 2.04 bits per heavy atom. The highest BCUT2D eigenvalue weighted by Crippen LogP contribution is 2.14. The highest BCUT2D eigenvalue weighted by Gasteiger charge is 2.22. The summed E-state index contributed by atoms with van der Waals surface area (Å²) in [5, 5.41) is 7.04. The summed E-state index contributed by atoms with van der Waals surface area (Å²) in [6, 6.07) is 5.75. The third-order valence-electron chi connectivity index (χ3n) is 4.65. The molecule has 0 atom stereocenters. The van der Waals surface area contributed by atoms with E-state index in [1.165, 1.54) is 24.3 Å². The predicted octanol–water partition coefficient (Wildman–Crippen LogP) is 2.95. The average molecular weight is 360 g/mol. The molecule has 0 bridgehead atoms. The first-order valence-electron chi connectivity index (χ1n) is 9.24. The van der Waals surface area contributed by atoms with Crippen molar-refractivity contribution in [2.75, 3.05) is 13.1 Å². The third-order valence-corrected chi connectivity index (χ3v) is 4.65. The molecule has 1 aromatic heterocycles. The van der Waals surface area contributed by atoms with Crippen LogP contribution in [0.5, 0.6) is 0 Å². The number of rotatable bonds is 7. The highest BCUT2D eigenvalue weighted by molar-refractivity contribution is 5.94. The van der Waals surface area contributed by atoms with E-state index in [9.17, 15) is 9.18 Å². The molecule has 140 valence electrons. The maximum Gasteiger partial charge on any atom is 0.251 e. The number of amides is 1. The zero-order valence-corrected chi connectivity index (χ0v) is 15.1. The molecule has 1 saturated heterocycles. The van der Waals surface area contributed by atoms with Gasteiger partial charge in [0, 0.05) is 31.1 Å². The fourth-order valence-corrected chi connectivity index (χ4v) is 3.09. The van der Waals surface area contributed by atoms with E-state index >= 15 is 0 Å². The van der Waals surface area contributed by atoms with E-state index in [1.54, 1.807) is 0 Å². The molecule has 0 aliphatic carbocycles. The predicted molar refractivity (Wildman–Crippen MR) is 95.1 cm³/mol. The molecule has 3 rings (SSSR count). The molecule has 1 amide bonds. The SMILES string of the molecule is CCCCc1noc(CN2CCC(NC(=O)c3ccc(F)cc3)CC2)n1. The summed E-state index contributed by atoms with van der Waals surface area (Å²) in [6.45, 7) is 4.51. The van der Waals surface area contributed by atoms with Crippen molar-refractivity contribution < 1.29 is 13.7 Å². The van der Waals surface area contributed by atoms with Gasteiger partial charge in [0.25, 0.3) is 5.91 Å². The minimum atomic E-state index is -0.339. The summed E-state index contributed by atoms with van der Waals surface area (Å²) < 4.78 is 18.3. The minimum absolute atomic E-state index is 0.131. The van der Waals surface area contributed by atoms with Gasteiger partial charge in [-0.2, -0.15) is 4.98 Å². The number of carbonyl (C=O) groups is 1. The Bertz CT molecular complexity index is 709. The van der Waals surface area contributed by atoms with Crippen LogP contribution in [0.1, 0.15) is 54.7 Å². The molecule has 1 aromatic carbocycles. The topological polar surface area (TPSA) is 71.3 Å². The number of likely N-dealkylation sites (tertiary alicyclic amines) is 1. The second-order valence-corrected chi connectivity index (χ2v) is 6.74. The monoisotopic (exact) mass is 360 g/mol. The number of hydrogen-bond acceptors (Lipinski definition) is 5. The lowest BCUT2D eigenvalue weighted by Gasteiger charge is -2.31. The minimum Gasteiger partial charge on any atom is -0.349 e. The largest absolute Gasteiger partial charge is 0.349 e. The molecule has 1 aliphatic rings. The van der Waals surface area contributed by atoms with Crippen LogP contribution in [0.3, 0.4) is 0 Å². The van der Waals surface area contributed by atoms with Crippen LogP contribution in [-0.4, -0.2) is 40.1 Å². The summed E-state index contributed by atoms with van der Waals surface area (Å²) in [6.07, 6.45) is 4.77. The number of nitrogens with zero attached hydrogens (tertiary/aromatic N) is 3. The van der Waals surface area contributed by atoms with Crippen LogP contribution in [0.4, 0.5) is 4.39 Å². The van der Waals surface area contributed by atoms with Gasteiger partial charge in [-0.3, -0.25) is 9.69 Å². The first-order valence-corrected chi connectivity index (χ1v) is 9.24. The molecule has 26 heavy (non-hydrogen) atoms. The lowest BCUT2D eigenvalue weighted by atomic mass is 10.0. The Morgan fingerprint density at radius 1 is 1.31 bits per heavy atom. The lowest BCUT2D eigenvalue weighted by molar-refractivity contribution is 0.0904. The van der Waals surface area contributed by atoms with Crippen LogP contribution in [0.25, 0.3) is 0 Å². The van der Waals surface area contributed by atoms with Crippen molar-refractivity contribution in [1.29, 1.82) is 0 Å². The van der Waals surface area contributed by atoms with Crippen LogP contribution in [0.2, 0.25) is 0 Å². The average Bonchev–Trinajstić information content (AvgIpc) is 3.09. The molecule has 1 N–H and O–H groups in total. The maximum atomic E-state index is 12.9. The Labute approximate surface area is 152 Å². The van der Waals surface area contributed by atoms with Crippen molar-refractivity contribution in [2.45, 2.75) is 51.6 Å². The van der Waals surface area contributed by atoms with Crippen molar-refractivity contribution in [3.05, 3.63) is 47.4 Å². The Balaban J connectivity index is 1.43. The van der Waals surface area contributed by atoms with Crippen molar-refractivity contribution in [1.82, 2.24) is 20.4 Å². The number of halogens is 1. The van der Waals surface area contributed by atoms with E-state index in [2.05, 4.69) is 27.3 Å². The molecule has 0 spiro atoms. The van der Waals surface area contributed by atoms with Gasteiger partial charge in [-0.25, -0.2) is 4.39 Å². The van der Waals surface area contributed by atoms with Gasteiger partial charge in [0.1, 0.15) is 5.82 Å². The van der Waals surface area contributed by atoms with Gasteiger partial charge >= 0.3 is 0 Å². The Hall–Kier alpha value is -2.28. The normalized spacial score (nSPS) is 15.9. The number of aromatic nitrogens is 2. The highest BCUT2D eigenvalue weighted by atomic mass is 19.1. The van der Waals surface area contributed by atoms with Gasteiger partial charge in [-0.05, 0) is 43.5 Å². The van der Waals surface area contributed by atoms with Gasteiger partial charge in [0.2, 0.25) is 5.89 Å². The van der Waals surface area contributed by atoms with Crippen LogP contribution >= 0.6 is 0 Å². The summed E-state index contributed by atoms with van der Waals surface area (Å²) in [4.78, 5) is 18.9. The van der Waals surface area contributed by atoms with Crippen molar-refractivity contribution in [3.8, 4) is 0 Å². The fourth-order valence-electron chi connectivity index (χ4n) is 3.09. The number of piperidine rings is 1. The van der Waals surface area contributed by atoms with Crippen molar-refractivity contribution in [2.24, 2.45) is 0 Å². The standard InChI is InChI=1S/C19H25FN4O2/c1-2-3-4-17-22-18(26-23-17)13-24-11-9-16(10-12-24)21-19(25)14-5-7-15(20)8-6-14/h5-8,16H,2-4,9-13H2,1H3,(H,21,25). The van der Waals surface area contributed by atoms with Crippen LogP contribution in [0.15, 0.2) is 28.8 Å². The van der Waals surface area contributed by atoms with Gasteiger partial charge < -0.3 is 9.84 Å². The smallest absolute Gasteiger partial charge is 0.251 e. The molecule has 0 radical (unpaired) electrons.